The Morgan fingerprint density at radius 3 is 2.26 bits per heavy atom. The van der Waals surface area contributed by atoms with E-state index in [1.807, 2.05) is 19.1 Å². The number of anilines is 1. The number of aryl methyl sites for hydroxylation is 1. The van der Waals surface area contributed by atoms with Crippen LogP contribution >= 0.6 is 15.9 Å². The highest BCUT2D eigenvalue weighted by Gasteiger charge is 2.10. The first-order valence-electron chi connectivity index (χ1n) is 9.25. The quantitative estimate of drug-likeness (QED) is 0.356. The van der Waals surface area contributed by atoms with Crippen molar-refractivity contribution in [3.05, 3.63) is 87.4 Å². The number of phenolic OH excluding ortho intramolecular Hbond substituents is 1. The Bertz CT molecular complexity index is 1130. The van der Waals surface area contributed by atoms with Crippen LogP contribution in [-0.4, -0.2) is 30.2 Å². The van der Waals surface area contributed by atoms with Gasteiger partial charge in [-0.25, -0.2) is 5.43 Å². The van der Waals surface area contributed by atoms with Crippen LogP contribution in [0.15, 0.2) is 70.2 Å². The summed E-state index contributed by atoms with van der Waals surface area (Å²) >= 11 is 3.32. The molecule has 0 radical (unpaired) electrons. The molecule has 0 unspecified atom stereocenters. The molecule has 0 heterocycles. The van der Waals surface area contributed by atoms with Crippen LogP contribution < -0.4 is 15.5 Å². The molecule has 0 aliphatic carbocycles. The fourth-order valence-corrected chi connectivity index (χ4v) is 3.14. The number of carbonyl (C=O) groups excluding carboxylic acids is 2. The number of nitrogens with one attached hydrogen (secondary N) is 2. The number of phenols is 1. The second-order valence-corrected chi connectivity index (χ2v) is 7.56. The summed E-state index contributed by atoms with van der Waals surface area (Å²) in [4.78, 5) is 24.6. The molecule has 0 aliphatic rings. The van der Waals surface area contributed by atoms with Crippen LogP contribution in [0.1, 0.15) is 31.8 Å². The smallest absolute Gasteiger partial charge is 0.271 e. The van der Waals surface area contributed by atoms with Gasteiger partial charge in [0.2, 0.25) is 0 Å². The molecular weight excluding hydrogens is 462 g/mol. The highest BCUT2D eigenvalue weighted by Crippen LogP contribution is 2.32. The lowest BCUT2D eigenvalue weighted by Crippen LogP contribution is -2.18. The van der Waals surface area contributed by atoms with Gasteiger partial charge in [0.1, 0.15) is 0 Å². The molecule has 0 atom stereocenters. The number of rotatable bonds is 6. The Kier molecular flexibility index (Phi) is 7.04. The summed E-state index contributed by atoms with van der Waals surface area (Å²) < 4.78 is 5.77. The number of nitrogens with zero attached hydrogens (tertiary/aromatic N) is 1. The van der Waals surface area contributed by atoms with Gasteiger partial charge >= 0.3 is 0 Å². The lowest BCUT2D eigenvalue weighted by Gasteiger charge is -2.07. The van der Waals surface area contributed by atoms with E-state index in [4.69, 9.17) is 4.74 Å². The van der Waals surface area contributed by atoms with Crippen molar-refractivity contribution in [1.29, 1.82) is 0 Å². The van der Waals surface area contributed by atoms with Gasteiger partial charge in [-0.1, -0.05) is 33.6 Å². The molecule has 0 spiro atoms. The molecule has 2 amide bonds. The number of aromatic hydroxyl groups is 1. The van der Waals surface area contributed by atoms with E-state index in [2.05, 4.69) is 31.8 Å². The van der Waals surface area contributed by atoms with Crippen LogP contribution in [0, 0.1) is 6.92 Å². The maximum absolute atomic E-state index is 12.3. The molecule has 8 heteroatoms. The Labute approximate surface area is 187 Å². The maximum atomic E-state index is 12.3. The van der Waals surface area contributed by atoms with E-state index in [-0.39, 0.29) is 17.4 Å². The first-order valence-corrected chi connectivity index (χ1v) is 10.0. The van der Waals surface area contributed by atoms with Gasteiger partial charge in [0.15, 0.2) is 11.5 Å². The van der Waals surface area contributed by atoms with Gasteiger partial charge in [0, 0.05) is 26.9 Å². The van der Waals surface area contributed by atoms with E-state index in [9.17, 15) is 14.7 Å². The molecular formula is C23H20BrN3O4. The largest absolute Gasteiger partial charge is 0.504 e. The molecule has 0 saturated heterocycles. The average Bonchev–Trinajstić information content (AvgIpc) is 2.76. The van der Waals surface area contributed by atoms with Crippen molar-refractivity contribution in [3.8, 4) is 11.5 Å². The third-order valence-corrected chi connectivity index (χ3v) is 4.84. The standard InChI is InChI=1S/C23H20BrN3O4/c1-14-3-5-15(6-4-14)22(29)26-19-9-7-16(8-10-19)23(30)27-25-13-17-11-18(24)12-20(31-2)21(17)28/h3-13,28H,1-2H3,(H,26,29)(H,27,30)/b25-13+. The summed E-state index contributed by atoms with van der Waals surface area (Å²) in [6, 6.07) is 16.9. The number of carbonyl (C=O) groups is 2. The highest BCUT2D eigenvalue weighted by atomic mass is 79.9. The second-order valence-electron chi connectivity index (χ2n) is 6.64. The van der Waals surface area contributed by atoms with Gasteiger partial charge < -0.3 is 15.2 Å². The van der Waals surface area contributed by atoms with E-state index < -0.39 is 5.91 Å². The molecule has 0 aliphatic heterocycles. The first-order chi connectivity index (χ1) is 14.9. The summed E-state index contributed by atoms with van der Waals surface area (Å²) in [5, 5.41) is 16.8. The second kappa shape index (κ2) is 9.90. The first kappa shape index (κ1) is 22.0. The van der Waals surface area contributed by atoms with Gasteiger partial charge in [-0.3, -0.25) is 9.59 Å². The van der Waals surface area contributed by atoms with E-state index in [1.165, 1.54) is 13.3 Å². The number of hydrazone groups is 1. The Hall–Kier alpha value is -3.65. The van der Waals surface area contributed by atoms with Crippen LogP contribution in [0.3, 0.4) is 0 Å². The Morgan fingerprint density at radius 2 is 1.61 bits per heavy atom. The number of ether oxygens (including phenoxy) is 1. The lowest BCUT2D eigenvalue weighted by molar-refractivity contribution is 0.0954. The van der Waals surface area contributed by atoms with E-state index in [0.29, 0.717) is 26.9 Å². The van der Waals surface area contributed by atoms with E-state index in [1.54, 1.807) is 48.5 Å². The summed E-state index contributed by atoms with van der Waals surface area (Å²) in [7, 11) is 1.44. The number of benzene rings is 3. The predicted octanol–water partition coefficient (Wildman–Crippen LogP) is 4.49. The number of halogens is 1. The van der Waals surface area contributed by atoms with Gasteiger partial charge in [0.05, 0.1) is 13.3 Å². The van der Waals surface area contributed by atoms with Crippen molar-refractivity contribution in [2.75, 3.05) is 12.4 Å². The van der Waals surface area contributed by atoms with Crippen molar-refractivity contribution in [1.82, 2.24) is 5.43 Å². The zero-order chi connectivity index (χ0) is 22.4. The van der Waals surface area contributed by atoms with Gasteiger partial charge in [0.25, 0.3) is 11.8 Å². The molecule has 0 aromatic heterocycles. The fourth-order valence-electron chi connectivity index (χ4n) is 2.69. The normalized spacial score (nSPS) is 10.7. The predicted molar refractivity (Wildman–Crippen MR) is 123 cm³/mol. The number of hydrogen-bond acceptors (Lipinski definition) is 5. The zero-order valence-corrected chi connectivity index (χ0v) is 18.4. The molecule has 31 heavy (non-hydrogen) atoms. The maximum Gasteiger partial charge on any atom is 0.271 e. The fraction of sp³-hybridized carbons (Fsp3) is 0.0870. The van der Waals surface area contributed by atoms with Crippen molar-refractivity contribution in [3.63, 3.8) is 0 Å². The molecule has 7 nitrogen and oxygen atoms in total. The lowest BCUT2D eigenvalue weighted by atomic mass is 10.1. The van der Waals surface area contributed by atoms with Crippen molar-refractivity contribution < 1.29 is 19.4 Å². The number of hydrogen-bond donors (Lipinski definition) is 3. The Balaban J connectivity index is 1.62. The van der Waals surface area contributed by atoms with Gasteiger partial charge in [-0.15, -0.1) is 0 Å². The van der Waals surface area contributed by atoms with Gasteiger partial charge in [-0.05, 0) is 55.5 Å². The van der Waals surface area contributed by atoms with E-state index in [0.717, 1.165) is 5.56 Å². The number of methoxy groups -OCH3 is 1. The molecule has 0 bridgehead atoms. The molecule has 0 saturated carbocycles. The highest BCUT2D eigenvalue weighted by molar-refractivity contribution is 9.10. The molecule has 3 N–H and O–H groups in total. The molecule has 158 valence electrons. The SMILES string of the molecule is COc1cc(Br)cc(/C=N/NC(=O)c2ccc(NC(=O)c3ccc(C)cc3)cc2)c1O. The minimum Gasteiger partial charge on any atom is -0.504 e. The molecule has 3 aromatic rings. The third-order valence-electron chi connectivity index (χ3n) is 4.38. The van der Waals surface area contributed by atoms with Crippen molar-refractivity contribution in [2.24, 2.45) is 5.10 Å². The Morgan fingerprint density at radius 1 is 1.00 bits per heavy atom. The van der Waals surface area contributed by atoms with Crippen LogP contribution in [0.25, 0.3) is 0 Å². The monoisotopic (exact) mass is 481 g/mol. The summed E-state index contributed by atoms with van der Waals surface area (Å²) in [5.41, 5.74) is 5.33. The average molecular weight is 482 g/mol. The van der Waals surface area contributed by atoms with Crippen molar-refractivity contribution in [2.45, 2.75) is 6.92 Å². The van der Waals surface area contributed by atoms with Crippen molar-refractivity contribution >= 4 is 39.6 Å². The molecule has 3 aromatic carbocycles. The van der Waals surface area contributed by atoms with Crippen LogP contribution in [0.4, 0.5) is 5.69 Å². The molecule has 3 rings (SSSR count). The minimum atomic E-state index is -0.436. The van der Waals surface area contributed by atoms with Gasteiger partial charge in [-0.2, -0.15) is 5.10 Å². The summed E-state index contributed by atoms with van der Waals surface area (Å²) in [6.45, 7) is 1.95. The van der Waals surface area contributed by atoms with Crippen LogP contribution in [0.2, 0.25) is 0 Å². The molecule has 0 fully saturated rings. The summed E-state index contributed by atoms with van der Waals surface area (Å²) in [5.74, 6) is -0.469. The minimum absolute atomic E-state index is 0.0858. The van der Waals surface area contributed by atoms with E-state index >= 15 is 0 Å². The van der Waals surface area contributed by atoms with Crippen LogP contribution in [-0.2, 0) is 0 Å². The van der Waals surface area contributed by atoms with Crippen LogP contribution in [0.5, 0.6) is 11.5 Å². The topological polar surface area (TPSA) is 100 Å². The zero-order valence-electron chi connectivity index (χ0n) is 16.8. The summed E-state index contributed by atoms with van der Waals surface area (Å²) in [6.07, 6.45) is 1.32. The number of amides is 2. The third kappa shape index (κ3) is 5.70.